The van der Waals surface area contributed by atoms with Gasteiger partial charge in [-0.05, 0) is 12.1 Å². The number of ether oxygens (including phenoxy) is 1. The highest BCUT2D eigenvalue weighted by Gasteiger charge is 2.28. The van der Waals surface area contributed by atoms with Gasteiger partial charge in [0.05, 0.1) is 30.7 Å². The maximum atomic E-state index is 13.1. The van der Waals surface area contributed by atoms with Crippen LogP contribution in [0.1, 0.15) is 15.9 Å². The van der Waals surface area contributed by atoms with Crippen molar-refractivity contribution in [1.29, 1.82) is 0 Å². The summed E-state index contributed by atoms with van der Waals surface area (Å²) in [5, 5.41) is 16.7. The maximum absolute atomic E-state index is 13.1. The lowest BCUT2D eigenvalue weighted by Crippen LogP contribution is -2.48. The third kappa shape index (κ3) is 4.33. The first-order valence-corrected chi connectivity index (χ1v) is 10.8. The molecule has 33 heavy (non-hydrogen) atoms. The van der Waals surface area contributed by atoms with Gasteiger partial charge in [-0.15, -0.1) is 0 Å². The second kappa shape index (κ2) is 8.91. The van der Waals surface area contributed by atoms with Gasteiger partial charge in [-0.1, -0.05) is 0 Å². The van der Waals surface area contributed by atoms with Crippen molar-refractivity contribution < 1.29 is 23.4 Å². The van der Waals surface area contributed by atoms with Crippen LogP contribution < -0.4 is 15.0 Å². The van der Waals surface area contributed by atoms with Gasteiger partial charge >= 0.3 is 0 Å². The Hall–Kier alpha value is -3.31. The normalized spacial score (nSPS) is 18.5. The number of anilines is 2. The third-order valence-corrected chi connectivity index (χ3v) is 6.00. The highest BCUT2D eigenvalue weighted by Crippen LogP contribution is 2.39. The highest BCUT2D eigenvalue weighted by atomic mass is 19.3. The smallest absolute Gasteiger partial charge is 0.261 e. The first-order chi connectivity index (χ1) is 16.0. The van der Waals surface area contributed by atoms with E-state index in [0.29, 0.717) is 55.2 Å². The van der Waals surface area contributed by atoms with Crippen molar-refractivity contribution in [1.82, 2.24) is 19.5 Å². The molecule has 2 aliphatic heterocycles. The first kappa shape index (κ1) is 21.5. The summed E-state index contributed by atoms with van der Waals surface area (Å²) in [5.41, 5.74) is 3.03. The predicted octanol–water partition coefficient (Wildman–Crippen LogP) is 1.66. The molecule has 174 valence electrons. The third-order valence-electron chi connectivity index (χ3n) is 6.00. The minimum absolute atomic E-state index is 0.105. The number of carbonyl (C=O) groups excluding carboxylic acids is 1. The lowest BCUT2D eigenvalue weighted by Gasteiger charge is -2.37. The van der Waals surface area contributed by atoms with E-state index in [4.69, 9.17) is 4.74 Å². The van der Waals surface area contributed by atoms with Crippen LogP contribution in [0.2, 0.25) is 0 Å². The molecule has 1 aromatic carbocycles. The molecule has 0 spiro atoms. The minimum atomic E-state index is -2.37. The summed E-state index contributed by atoms with van der Waals surface area (Å²) in [5.74, 6) is 0.313. The van der Waals surface area contributed by atoms with Crippen LogP contribution in [0.4, 0.5) is 20.2 Å². The number of aliphatic hydroxyl groups is 1. The number of alkyl halides is 2. The van der Waals surface area contributed by atoms with Gasteiger partial charge < -0.3 is 20.1 Å². The SMILES string of the molecule is O=C(Nc1cc2c(cc1N1CCN(CC(F)F)CC1)OC(CO)C2)c1cnn2cccnc12. The molecule has 9 nitrogen and oxygen atoms in total. The molecular weight excluding hydrogens is 434 g/mol. The largest absolute Gasteiger partial charge is 0.487 e. The van der Waals surface area contributed by atoms with E-state index in [2.05, 4.69) is 20.3 Å². The number of hydrogen-bond acceptors (Lipinski definition) is 7. The van der Waals surface area contributed by atoms with Crippen molar-refractivity contribution >= 4 is 22.9 Å². The zero-order chi connectivity index (χ0) is 22.9. The molecule has 2 aliphatic rings. The van der Waals surface area contributed by atoms with Gasteiger partial charge in [-0.3, -0.25) is 9.69 Å². The van der Waals surface area contributed by atoms with Crippen molar-refractivity contribution in [2.75, 3.05) is 49.5 Å². The van der Waals surface area contributed by atoms with Gasteiger partial charge in [-0.2, -0.15) is 5.10 Å². The fraction of sp³-hybridized carbons (Fsp3) is 0.409. The molecule has 2 N–H and O–H groups in total. The van der Waals surface area contributed by atoms with E-state index in [-0.39, 0.29) is 25.2 Å². The average Bonchev–Trinajstić information content (AvgIpc) is 3.42. The van der Waals surface area contributed by atoms with Gasteiger partial charge in [0.1, 0.15) is 17.4 Å². The minimum Gasteiger partial charge on any atom is -0.487 e. The molecule has 4 heterocycles. The zero-order valence-electron chi connectivity index (χ0n) is 17.8. The van der Waals surface area contributed by atoms with Crippen LogP contribution in [0.5, 0.6) is 5.75 Å². The van der Waals surface area contributed by atoms with Crippen molar-refractivity contribution in [3.63, 3.8) is 0 Å². The number of nitrogens with one attached hydrogen (secondary N) is 1. The molecule has 0 saturated carbocycles. The van der Waals surface area contributed by atoms with E-state index >= 15 is 0 Å². The van der Waals surface area contributed by atoms with Crippen LogP contribution in [-0.4, -0.2) is 82.4 Å². The number of nitrogens with zero attached hydrogens (tertiary/aromatic N) is 5. The Morgan fingerprint density at radius 1 is 1.27 bits per heavy atom. The highest BCUT2D eigenvalue weighted by molar-refractivity contribution is 6.09. The van der Waals surface area contributed by atoms with Crippen LogP contribution in [0.15, 0.2) is 36.8 Å². The predicted molar refractivity (Wildman–Crippen MR) is 117 cm³/mol. The van der Waals surface area contributed by atoms with Crippen LogP contribution in [0.25, 0.3) is 5.65 Å². The van der Waals surface area contributed by atoms with Crippen molar-refractivity contribution in [3.8, 4) is 5.75 Å². The lowest BCUT2D eigenvalue weighted by molar-refractivity contribution is 0.0854. The van der Waals surface area contributed by atoms with E-state index < -0.39 is 6.43 Å². The summed E-state index contributed by atoms with van der Waals surface area (Å²) in [6, 6.07) is 5.45. The van der Waals surface area contributed by atoms with Crippen molar-refractivity contribution in [3.05, 3.63) is 47.9 Å². The molecule has 1 saturated heterocycles. The van der Waals surface area contributed by atoms with Gasteiger partial charge in [0.15, 0.2) is 5.65 Å². The quantitative estimate of drug-likeness (QED) is 0.580. The Kier molecular flexibility index (Phi) is 5.81. The number of benzene rings is 1. The molecule has 1 fully saturated rings. The van der Waals surface area contributed by atoms with Crippen LogP contribution in [-0.2, 0) is 6.42 Å². The summed E-state index contributed by atoms with van der Waals surface area (Å²) >= 11 is 0. The van der Waals surface area contributed by atoms with E-state index in [0.717, 1.165) is 11.3 Å². The zero-order valence-corrected chi connectivity index (χ0v) is 17.8. The summed E-state index contributed by atoms with van der Waals surface area (Å²) < 4.78 is 32.9. The molecule has 1 amide bonds. The van der Waals surface area contributed by atoms with Crippen LogP contribution in [0.3, 0.4) is 0 Å². The molecular formula is C22H24F2N6O3. The fourth-order valence-corrected chi connectivity index (χ4v) is 4.36. The van der Waals surface area contributed by atoms with E-state index in [1.54, 1.807) is 23.4 Å². The Bertz CT molecular complexity index is 1160. The maximum Gasteiger partial charge on any atom is 0.261 e. The standard InChI is InChI=1S/C22H24F2N6O3/c23-20(24)12-28-4-6-29(7-5-28)18-10-19-14(8-15(13-31)33-19)9-17(18)27-22(32)16-11-26-30-3-1-2-25-21(16)30/h1-3,9-11,15,20,31H,4-8,12-13H2,(H,27,32). The van der Waals surface area contributed by atoms with E-state index in [9.17, 15) is 18.7 Å². The topological polar surface area (TPSA) is 95.2 Å². The molecule has 11 heteroatoms. The molecule has 5 rings (SSSR count). The molecule has 0 aliphatic carbocycles. The summed E-state index contributed by atoms with van der Waals surface area (Å²) in [4.78, 5) is 21.2. The van der Waals surface area contributed by atoms with E-state index in [1.807, 2.05) is 12.1 Å². The Labute approximate surface area is 188 Å². The van der Waals surface area contributed by atoms with Gasteiger partial charge in [0.2, 0.25) is 0 Å². The molecule has 0 bridgehead atoms. The average molecular weight is 458 g/mol. The van der Waals surface area contributed by atoms with Crippen LogP contribution >= 0.6 is 0 Å². The number of hydrogen-bond donors (Lipinski definition) is 2. The number of aliphatic hydroxyl groups excluding tert-OH is 1. The summed E-state index contributed by atoms with van der Waals surface area (Å²) in [7, 11) is 0. The number of aromatic nitrogens is 3. The lowest BCUT2D eigenvalue weighted by atomic mass is 10.1. The van der Waals surface area contributed by atoms with Gasteiger partial charge in [-0.25, -0.2) is 18.3 Å². The molecule has 3 aromatic rings. The van der Waals surface area contributed by atoms with E-state index in [1.165, 1.54) is 10.7 Å². The monoisotopic (exact) mass is 458 g/mol. The van der Waals surface area contributed by atoms with Gasteiger partial charge in [0.25, 0.3) is 12.3 Å². The number of rotatable bonds is 6. The Morgan fingerprint density at radius 2 is 2.09 bits per heavy atom. The van der Waals surface area contributed by atoms with Crippen LogP contribution in [0, 0.1) is 0 Å². The number of amides is 1. The van der Waals surface area contributed by atoms with Gasteiger partial charge in [0, 0.05) is 56.6 Å². The molecule has 1 atom stereocenters. The second-order valence-corrected chi connectivity index (χ2v) is 8.18. The van der Waals surface area contributed by atoms with Crippen molar-refractivity contribution in [2.45, 2.75) is 19.0 Å². The first-order valence-electron chi connectivity index (χ1n) is 10.8. The number of carbonyl (C=O) groups is 1. The number of halogens is 2. The Morgan fingerprint density at radius 3 is 2.85 bits per heavy atom. The summed E-state index contributed by atoms with van der Waals surface area (Å²) in [6.07, 6.45) is 2.62. The number of fused-ring (bicyclic) bond motifs is 2. The van der Waals surface area contributed by atoms with Crippen molar-refractivity contribution in [2.24, 2.45) is 0 Å². The molecule has 0 radical (unpaired) electrons. The molecule has 1 unspecified atom stereocenters. The molecule has 2 aromatic heterocycles. The second-order valence-electron chi connectivity index (χ2n) is 8.18. The summed E-state index contributed by atoms with van der Waals surface area (Å²) in [6.45, 7) is 1.71. The number of piperazine rings is 1. The fourth-order valence-electron chi connectivity index (χ4n) is 4.36. The Balaban J connectivity index is 1.43.